The van der Waals surface area contributed by atoms with Gasteiger partial charge in [-0.2, -0.15) is 0 Å². The van der Waals surface area contributed by atoms with Gasteiger partial charge in [0.1, 0.15) is 23.0 Å². The SMILES string of the molecule is COc1ccc(N(c2ccc(OC)cc2)c2cc(N(c3ccc(OC)cc3)c3ccc(OC)cc3)cc(C(C)(C)C)c2)cc1. The summed E-state index contributed by atoms with van der Waals surface area (Å²) in [5, 5.41) is 0. The van der Waals surface area contributed by atoms with E-state index in [1.54, 1.807) is 28.4 Å². The van der Waals surface area contributed by atoms with Crippen molar-refractivity contribution in [2.75, 3.05) is 38.2 Å². The third-order valence-corrected chi connectivity index (χ3v) is 7.61. The van der Waals surface area contributed by atoms with Crippen LogP contribution in [0.1, 0.15) is 26.3 Å². The van der Waals surface area contributed by atoms with Crippen LogP contribution in [0.2, 0.25) is 0 Å². The maximum atomic E-state index is 5.48. The van der Waals surface area contributed by atoms with E-state index in [0.717, 1.165) is 57.1 Å². The van der Waals surface area contributed by atoms with Crippen LogP contribution in [0.5, 0.6) is 23.0 Å². The van der Waals surface area contributed by atoms with E-state index < -0.39 is 0 Å². The first-order valence-corrected chi connectivity index (χ1v) is 14.6. The number of benzene rings is 5. The van der Waals surface area contributed by atoms with Crippen molar-refractivity contribution in [2.45, 2.75) is 26.2 Å². The molecule has 0 amide bonds. The second-order valence-electron chi connectivity index (χ2n) is 11.5. The summed E-state index contributed by atoms with van der Waals surface area (Å²) >= 11 is 0. The van der Waals surface area contributed by atoms with Gasteiger partial charge in [0.15, 0.2) is 0 Å². The van der Waals surface area contributed by atoms with E-state index in [1.165, 1.54) is 5.56 Å². The molecule has 0 fully saturated rings. The molecule has 226 valence electrons. The van der Waals surface area contributed by atoms with Crippen LogP contribution in [0, 0.1) is 0 Å². The highest BCUT2D eigenvalue weighted by molar-refractivity contribution is 5.84. The molecule has 6 heteroatoms. The summed E-state index contributed by atoms with van der Waals surface area (Å²) in [5.41, 5.74) is 7.15. The topological polar surface area (TPSA) is 43.4 Å². The van der Waals surface area contributed by atoms with Gasteiger partial charge in [-0.05, 0) is 126 Å². The fourth-order valence-corrected chi connectivity index (χ4v) is 5.11. The first-order chi connectivity index (χ1) is 21.2. The molecule has 5 aromatic carbocycles. The zero-order chi connectivity index (χ0) is 31.3. The minimum absolute atomic E-state index is 0.123. The van der Waals surface area contributed by atoms with Gasteiger partial charge in [-0.15, -0.1) is 0 Å². The summed E-state index contributed by atoms with van der Waals surface area (Å²) in [5.74, 6) is 3.21. The first-order valence-electron chi connectivity index (χ1n) is 14.6. The molecular weight excluding hydrogens is 548 g/mol. The van der Waals surface area contributed by atoms with Crippen LogP contribution < -0.4 is 28.7 Å². The number of hydrogen-bond acceptors (Lipinski definition) is 6. The molecule has 0 N–H and O–H groups in total. The van der Waals surface area contributed by atoms with Crippen molar-refractivity contribution in [3.05, 3.63) is 121 Å². The Morgan fingerprint density at radius 2 is 0.614 bits per heavy atom. The fourth-order valence-electron chi connectivity index (χ4n) is 5.11. The van der Waals surface area contributed by atoms with Gasteiger partial charge in [-0.1, -0.05) is 20.8 Å². The van der Waals surface area contributed by atoms with Crippen LogP contribution in [0.15, 0.2) is 115 Å². The molecule has 0 aromatic heterocycles. The van der Waals surface area contributed by atoms with Crippen molar-refractivity contribution in [2.24, 2.45) is 0 Å². The lowest BCUT2D eigenvalue weighted by atomic mass is 9.86. The Balaban J connectivity index is 1.75. The van der Waals surface area contributed by atoms with Crippen molar-refractivity contribution in [3.8, 4) is 23.0 Å². The molecule has 5 rings (SSSR count). The Labute approximate surface area is 261 Å². The Hall–Kier alpha value is -5.10. The van der Waals surface area contributed by atoms with Gasteiger partial charge >= 0.3 is 0 Å². The minimum atomic E-state index is -0.123. The lowest BCUT2D eigenvalue weighted by molar-refractivity contribution is 0.414. The molecule has 6 nitrogen and oxygen atoms in total. The molecule has 0 unspecified atom stereocenters. The van der Waals surface area contributed by atoms with E-state index in [2.05, 4.69) is 97.3 Å². The Bertz CT molecular complexity index is 1450. The smallest absolute Gasteiger partial charge is 0.119 e. The molecule has 0 radical (unpaired) electrons. The third-order valence-electron chi connectivity index (χ3n) is 7.61. The van der Waals surface area contributed by atoms with E-state index in [9.17, 15) is 0 Å². The molecule has 0 saturated heterocycles. The van der Waals surface area contributed by atoms with Gasteiger partial charge in [0, 0.05) is 34.1 Å². The van der Waals surface area contributed by atoms with Crippen LogP contribution in [0.25, 0.3) is 0 Å². The van der Waals surface area contributed by atoms with Crippen molar-refractivity contribution in [1.29, 1.82) is 0 Å². The molecule has 0 bridgehead atoms. The number of anilines is 6. The second kappa shape index (κ2) is 13.0. The number of nitrogens with zero attached hydrogens (tertiary/aromatic N) is 2. The van der Waals surface area contributed by atoms with Crippen molar-refractivity contribution < 1.29 is 18.9 Å². The number of hydrogen-bond donors (Lipinski definition) is 0. The predicted octanol–water partition coefficient (Wildman–Crippen LogP) is 9.96. The first kappa shape index (κ1) is 30.4. The highest BCUT2D eigenvalue weighted by Crippen LogP contribution is 2.44. The number of rotatable bonds is 10. The van der Waals surface area contributed by atoms with Gasteiger partial charge in [-0.3, -0.25) is 0 Å². The molecular formula is C38H40N2O4. The summed E-state index contributed by atoms with van der Waals surface area (Å²) in [6.45, 7) is 6.73. The molecule has 0 saturated carbocycles. The van der Waals surface area contributed by atoms with Crippen molar-refractivity contribution >= 4 is 34.1 Å². The lowest BCUT2D eigenvalue weighted by Gasteiger charge is -2.32. The molecule has 0 spiro atoms. The monoisotopic (exact) mass is 588 g/mol. The van der Waals surface area contributed by atoms with Crippen LogP contribution >= 0.6 is 0 Å². The van der Waals surface area contributed by atoms with E-state index in [-0.39, 0.29) is 5.41 Å². The van der Waals surface area contributed by atoms with E-state index in [0.29, 0.717) is 0 Å². The lowest BCUT2D eigenvalue weighted by Crippen LogP contribution is -2.17. The Morgan fingerprint density at radius 3 is 0.818 bits per heavy atom. The Kier molecular flexibility index (Phi) is 9.00. The van der Waals surface area contributed by atoms with Gasteiger partial charge in [-0.25, -0.2) is 0 Å². The van der Waals surface area contributed by atoms with E-state index in [1.807, 2.05) is 48.5 Å². The highest BCUT2D eigenvalue weighted by atomic mass is 16.5. The summed E-state index contributed by atoms with van der Waals surface area (Å²) in [6, 6.07) is 39.3. The van der Waals surface area contributed by atoms with Crippen molar-refractivity contribution in [1.82, 2.24) is 0 Å². The molecule has 0 aliphatic rings. The standard InChI is InChI=1S/C38H40N2O4/c1-38(2,3)27-24-32(39(28-8-16-34(41-4)17-9-28)29-10-18-35(42-5)19-11-29)26-33(25-27)40(30-12-20-36(43-6)21-13-30)31-14-22-37(44-7)23-15-31/h8-26H,1-7H3. The van der Waals surface area contributed by atoms with Crippen molar-refractivity contribution in [3.63, 3.8) is 0 Å². The van der Waals surface area contributed by atoms with Crippen LogP contribution in [-0.4, -0.2) is 28.4 Å². The number of ether oxygens (including phenoxy) is 4. The zero-order valence-corrected chi connectivity index (χ0v) is 26.5. The number of methoxy groups -OCH3 is 4. The van der Waals surface area contributed by atoms with E-state index >= 15 is 0 Å². The average molecular weight is 589 g/mol. The fraction of sp³-hybridized carbons (Fsp3) is 0.211. The second-order valence-corrected chi connectivity index (χ2v) is 11.5. The van der Waals surface area contributed by atoms with Crippen LogP contribution in [-0.2, 0) is 5.41 Å². The summed E-state index contributed by atoms with van der Waals surface area (Å²) in [4.78, 5) is 4.52. The summed E-state index contributed by atoms with van der Waals surface area (Å²) in [7, 11) is 6.73. The predicted molar refractivity (Wildman–Crippen MR) is 181 cm³/mol. The average Bonchev–Trinajstić information content (AvgIpc) is 3.06. The summed E-state index contributed by atoms with van der Waals surface area (Å²) in [6.07, 6.45) is 0. The largest absolute Gasteiger partial charge is 0.497 e. The Morgan fingerprint density at radius 1 is 0.364 bits per heavy atom. The minimum Gasteiger partial charge on any atom is -0.497 e. The van der Waals surface area contributed by atoms with Gasteiger partial charge in [0.2, 0.25) is 0 Å². The maximum absolute atomic E-state index is 5.48. The van der Waals surface area contributed by atoms with Crippen LogP contribution in [0.3, 0.4) is 0 Å². The normalized spacial score (nSPS) is 11.1. The highest BCUT2D eigenvalue weighted by Gasteiger charge is 2.23. The van der Waals surface area contributed by atoms with Gasteiger partial charge in [0.25, 0.3) is 0 Å². The molecule has 0 aliphatic carbocycles. The quantitative estimate of drug-likeness (QED) is 0.162. The maximum Gasteiger partial charge on any atom is 0.119 e. The van der Waals surface area contributed by atoms with E-state index in [4.69, 9.17) is 18.9 Å². The van der Waals surface area contributed by atoms with Gasteiger partial charge < -0.3 is 28.7 Å². The van der Waals surface area contributed by atoms with Crippen LogP contribution in [0.4, 0.5) is 34.1 Å². The zero-order valence-electron chi connectivity index (χ0n) is 26.5. The third kappa shape index (κ3) is 6.60. The molecule has 0 atom stereocenters. The molecule has 0 aliphatic heterocycles. The van der Waals surface area contributed by atoms with Gasteiger partial charge in [0.05, 0.1) is 28.4 Å². The molecule has 0 heterocycles. The summed E-state index contributed by atoms with van der Waals surface area (Å²) < 4.78 is 21.9. The molecule has 44 heavy (non-hydrogen) atoms. The molecule has 5 aromatic rings.